The third-order valence-corrected chi connectivity index (χ3v) is 8.92. The van der Waals surface area contributed by atoms with Crippen LogP contribution in [0.2, 0.25) is 0 Å². The quantitative estimate of drug-likeness (QED) is 0.718. The largest absolute Gasteiger partial charge is 0.301 e. The first-order valence-corrected chi connectivity index (χ1v) is 12.2. The van der Waals surface area contributed by atoms with Gasteiger partial charge in [-0.15, -0.1) is 22.7 Å². The molecule has 1 saturated heterocycles. The van der Waals surface area contributed by atoms with Crippen LogP contribution in [-0.4, -0.2) is 55.3 Å². The van der Waals surface area contributed by atoms with E-state index < -0.39 is 10.0 Å². The van der Waals surface area contributed by atoms with Crippen LogP contribution in [0.15, 0.2) is 16.3 Å². The molecule has 26 heavy (non-hydrogen) atoms. The number of piperazine rings is 1. The fourth-order valence-electron chi connectivity index (χ4n) is 3.14. The number of aromatic nitrogens is 1. The van der Waals surface area contributed by atoms with Gasteiger partial charge in [0, 0.05) is 36.4 Å². The highest BCUT2D eigenvalue weighted by atomic mass is 32.2. The predicted molar refractivity (Wildman–Crippen MR) is 110 cm³/mol. The Bertz CT molecular complexity index is 847. The highest BCUT2D eigenvalue weighted by Gasteiger charge is 2.31. The van der Waals surface area contributed by atoms with Gasteiger partial charge in [-0.2, -0.15) is 4.31 Å². The Morgan fingerprint density at radius 3 is 2.50 bits per heavy atom. The van der Waals surface area contributed by atoms with E-state index in [1.807, 2.05) is 13.0 Å². The van der Waals surface area contributed by atoms with E-state index in [0.717, 1.165) is 46.5 Å². The van der Waals surface area contributed by atoms with Crippen molar-refractivity contribution in [3.63, 3.8) is 0 Å². The molecule has 2 aromatic heterocycles. The zero-order chi connectivity index (χ0) is 18.9. The van der Waals surface area contributed by atoms with Crippen molar-refractivity contribution in [1.82, 2.24) is 14.2 Å². The first-order chi connectivity index (χ1) is 12.3. The van der Waals surface area contributed by atoms with Crippen molar-refractivity contribution in [2.24, 2.45) is 0 Å². The van der Waals surface area contributed by atoms with Gasteiger partial charge in [0.1, 0.15) is 5.01 Å². The minimum atomic E-state index is -3.43. The van der Waals surface area contributed by atoms with Gasteiger partial charge < -0.3 is 4.90 Å². The number of hydrogen-bond donors (Lipinski definition) is 0. The average molecular weight is 414 g/mol. The molecule has 0 spiro atoms. The Balaban J connectivity index is 1.81. The summed E-state index contributed by atoms with van der Waals surface area (Å²) in [6.07, 6.45) is 1.10. The topological polar surface area (TPSA) is 53.5 Å². The van der Waals surface area contributed by atoms with Crippen LogP contribution in [0.1, 0.15) is 43.7 Å². The SMILES string of the molecule is CCCN1CCN(S(=O)(=O)c2cc(-c3nc(C(C)C)cs3)sc2C)CC1. The molecular weight excluding hydrogens is 386 g/mol. The van der Waals surface area contributed by atoms with Crippen molar-refractivity contribution < 1.29 is 8.42 Å². The Kier molecular flexibility index (Phi) is 6.18. The molecule has 0 saturated carbocycles. The number of sulfonamides is 1. The molecule has 1 fully saturated rings. The van der Waals surface area contributed by atoms with Crippen molar-refractivity contribution in [3.8, 4) is 9.88 Å². The molecule has 1 aliphatic rings. The fourth-order valence-corrected chi connectivity index (χ4v) is 7.17. The predicted octanol–water partition coefficient (Wildman–Crippen LogP) is 4.02. The maximum atomic E-state index is 13.1. The molecule has 0 aromatic carbocycles. The van der Waals surface area contributed by atoms with E-state index in [4.69, 9.17) is 0 Å². The van der Waals surface area contributed by atoms with Crippen molar-refractivity contribution in [1.29, 1.82) is 0 Å². The molecule has 144 valence electrons. The molecule has 0 amide bonds. The number of hydrogen-bond acceptors (Lipinski definition) is 6. The van der Waals surface area contributed by atoms with Crippen LogP contribution >= 0.6 is 22.7 Å². The fraction of sp³-hybridized carbons (Fsp3) is 0.611. The van der Waals surface area contributed by atoms with Crippen LogP contribution in [0.4, 0.5) is 0 Å². The maximum Gasteiger partial charge on any atom is 0.244 e. The van der Waals surface area contributed by atoms with Gasteiger partial charge in [0.05, 0.1) is 15.5 Å². The van der Waals surface area contributed by atoms with Crippen molar-refractivity contribution in [2.45, 2.75) is 44.9 Å². The molecule has 1 aliphatic heterocycles. The second kappa shape index (κ2) is 8.06. The van der Waals surface area contributed by atoms with Gasteiger partial charge in [0.25, 0.3) is 0 Å². The van der Waals surface area contributed by atoms with E-state index in [1.165, 1.54) is 11.3 Å². The van der Waals surface area contributed by atoms with Gasteiger partial charge in [0.15, 0.2) is 0 Å². The van der Waals surface area contributed by atoms with Gasteiger partial charge >= 0.3 is 0 Å². The number of nitrogens with zero attached hydrogens (tertiary/aromatic N) is 3. The third-order valence-electron chi connectivity index (χ3n) is 4.69. The van der Waals surface area contributed by atoms with Crippen LogP contribution in [0, 0.1) is 6.92 Å². The number of aryl methyl sites for hydroxylation is 1. The standard InChI is InChI=1S/C18H27N3O2S3/c1-5-6-20-7-9-21(10-8-20)26(22,23)17-11-16(25-14(17)4)18-19-15(12-24-18)13(2)3/h11-13H,5-10H2,1-4H3. The van der Waals surface area contributed by atoms with Crippen molar-refractivity contribution in [2.75, 3.05) is 32.7 Å². The lowest BCUT2D eigenvalue weighted by molar-refractivity contribution is 0.188. The van der Waals surface area contributed by atoms with Gasteiger partial charge in [-0.05, 0) is 31.9 Å². The monoisotopic (exact) mass is 413 g/mol. The van der Waals surface area contributed by atoms with Gasteiger partial charge in [-0.1, -0.05) is 20.8 Å². The van der Waals surface area contributed by atoms with E-state index in [1.54, 1.807) is 15.6 Å². The summed E-state index contributed by atoms with van der Waals surface area (Å²) in [5, 5.41) is 2.98. The highest BCUT2D eigenvalue weighted by Crippen LogP contribution is 2.37. The second-order valence-electron chi connectivity index (χ2n) is 7.01. The summed E-state index contributed by atoms with van der Waals surface area (Å²) in [6.45, 7) is 12.1. The highest BCUT2D eigenvalue weighted by molar-refractivity contribution is 7.89. The van der Waals surface area contributed by atoms with Crippen LogP contribution in [0.5, 0.6) is 0 Å². The van der Waals surface area contributed by atoms with Crippen molar-refractivity contribution >= 4 is 32.7 Å². The zero-order valence-electron chi connectivity index (χ0n) is 15.9. The normalized spacial score (nSPS) is 17.3. The Labute approximate surface area is 164 Å². The van der Waals surface area contributed by atoms with E-state index in [2.05, 4.69) is 36.0 Å². The van der Waals surface area contributed by atoms with Crippen LogP contribution in [-0.2, 0) is 10.0 Å². The second-order valence-corrected chi connectivity index (χ2v) is 11.0. The summed E-state index contributed by atoms with van der Waals surface area (Å²) in [7, 11) is -3.43. The molecule has 0 radical (unpaired) electrons. The summed E-state index contributed by atoms with van der Waals surface area (Å²) < 4.78 is 27.9. The molecule has 3 rings (SSSR count). The van der Waals surface area contributed by atoms with Crippen LogP contribution in [0.3, 0.4) is 0 Å². The summed E-state index contributed by atoms with van der Waals surface area (Å²) in [4.78, 5) is 9.25. The smallest absolute Gasteiger partial charge is 0.244 e. The summed E-state index contributed by atoms with van der Waals surface area (Å²) >= 11 is 3.11. The molecule has 2 aromatic rings. The molecule has 5 nitrogen and oxygen atoms in total. The first-order valence-electron chi connectivity index (χ1n) is 9.11. The number of rotatable bonds is 6. The summed E-state index contributed by atoms with van der Waals surface area (Å²) in [5.74, 6) is 0.378. The molecular formula is C18H27N3O2S3. The molecule has 0 bridgehead atoms. The number of thiazole rings is 1. The Morgan fingerprint density at radius 1 is 1.23 bits per heavy atom. The molecule has 0 unspecified atom stereocenters. The summed E-state index contributed by atoms with van der Waals surface area (Å²) in [6, 6.07) is 1.82. The Hall–Kier alpha value is -0.800. The lowest BCUT2D eigenvalue weighted by Gasteiger charge is -2.33. The Morgan fingerprint density at radius 2 is 1.92 bits per heavy atom. The molecule has 0 atom stereocenters. The lowest BCUT2D eigenvalue weighted by Crippen LogP contribution is -2.48. The minimum Gasteiger partial charge on any atom is -0.301 e. The average Bonchev–Trinajstić information content (AvgIpc) is 3.22. The molecule has 3 heterocycles. The van der Waals surface area contributed by atoms with Gasteiger partial charge in [-0.3, -0.25) is 0 Å². The molecule has 0 aliphatic carbocycles. The van der Waals surface area contributed by atoms with E-state index in [-0.39, 0.29) is 0 Å². The van der Waals surface area contributed by atoms with Gasteiger partial charge in [-0.25, -0.2) is 13.4 Å². The van der Waals surface area contributed by atoms with Crippen LogP contribution < -0.4 is 0 Å². The first kappa shape index (κ1) is 19.9. The van der Waals surface area contributed by atoms with Crippen molar-refractivity contribution in [3.05, 3.63) is 22.0 Å². The van der Waals surface area contributed by atoms with Crippen LogP contribution in [0.25, 0.3) is 9.88 Å². The summed E-state index contributed by atoms with van der Waals surface area (Å²) in [5.41, 5.74) is 1.06. The van der Waals surface area contributed by atoms with E-state index in [9.17, 15) is 8.42 Å². The lowest BCUT2D eigenvalue weighted by atomic mass is 10.2. The molecule has 0 N–H and O–H groups in total. The molecule has 8 heteroatoms. The van der Waals surface area contributed by atoms with E-state index in [0.29, 0.717) is 23.9 Å². The zero-order valence-corrected chi connectivity index (χ0v) is 18.3. The van der Waals surface area contributed by atoms with E-state index >= 15 is 0 Å². The number of thiophene rings is 1. The van der Waals surface area contributed by atoms with Gasteiger partial charge in [0.2, 0.25) is 10.0 Å². The maximum absolute atomic E-state index is 13.1. The third kappa shape index (κ3) is 4.04. The minimum absolute atomic E-state index is 0.378.